The van der Waals surface area contributed by atoms with E-state index in [9.17, 15) is 9.59 Å². The van der Waals surface area contributed by atoms with E-state index in [2.05, 4.69) is 5.32 Å². The summed E-state index contributed by atoms with van der Waals surface area (Å²) in [5.41, 5.74) is 2.80. The second-order valence-corrected chi connectivity index (χ2v) is 6.56. The van der Waals surface area contributed by atoms with Crippen LogP contribution in [0.1, 0.15) is 31.8 Å². The van der Waals surface area contributed by atoms with E-state index in [1.165, 1.54) is 21.3 Å². The quantitative estimate of drug-likeness (QED) is 0.437. The molecule has 158 valence electrons. The number of hydrogen-bond acceptors (Lipinski definition) is 5. The predicted octanol–water partition coefficient (Wildman–Crippen LogP) is 4.91. The smallest absolute Gasteiger partial charge is 0.339 e. The van der Waals surface area contributed by atoms with Gasteiger partial charge < -0.3 is 19.5 Å². The van der Waals surface area contributed by atoms with Gasteiger partial charge in [-0.05, 0) is 41.5 Å². The molecule has 0 fully saturated rings. The molecule has 0 aliphatic heterocycles. The van der Waals surface area contributed by atoms with E-state index in [1.807, 2.05) is 48.6 Å². The number of hydrogen-bond donors (Lipinski definition) is 1. The maximum absolute atomic E-state index is 12.8. The van der Waals surface area contributed by atoms with Crippen LogP contribution in [0.4, 0.5) is 5.69 Å². The van der Waals surface area contributed by atoms with E-state index in [4.69, 9.17) is 14.2 Å². The first-order valence-corrected chi connectivity index (χ1v) is 9.54. The van der Waals surface area contributed by atoms with Crippen LogP contribution < -0.4 is 14.8 Å². The molecule has 0 unspecified atom stereocenters. The van der Waals surface area contributed by atoms with Gasteiger partial charge in [0.15, 0.2) is 11.5 Å². The molecule has 0 aliphatic rings. The van der Waals surface area contributed by atoms with Crippen molar-refractivity contribution < 1.29 is 23.8 Å². The van der Waals surface area contributed by atoms with Gasteiger partial charge in [-0.25, -0.2) is 4.79 Å². The first kappa shape index (κ1) is 21.6. The molecule has 0 aromatic heterocycles. The van der Waals surface area contributed by atoms with Crippen LogP contribution in [0.2, 0.25) is 0 Å². The summed E-state index contributed by atoms with van der Waals surface area (Å²) in [5, 5.41) is 2.77. The standard InChI is InChI=1S/C25H23NO5/c1-29-22-14-12-19(16-23(22)30-2)24(27)26-21-13-11-18(15-20(21)25(28)31-3)10-9-17-7-5-4-6-8-17/h4-16H,1-3H3,(H,26,27). The zero-order valence-electron chi connectivity index (χ0n) is 17.5. The number of carbonyl (C=O) groups is 2. The van der Waals surface area contributed by atoms with Gasteiger partial charge in [-0.1, -0.05) is 48.6 Å². The Morgan fingerprint density at radius 2 is 1.48 bits per heavy atom. The van der Waals surface area contributed by atoms with Crippen LogP contribution in [0.15, 0.2) is 66.7 Å². The van der Waals surface area contributed by atoms with Crippen LogP contribution in [0, 0.1) is 0 Å². The number of rotatable bonds is 7. The first-order valence-electron chi connectivity index (χ1n) is 9.54. The van der Waals surface area contributed by atoms with Gasteiger partial charge in [0.1, 0.15) is 0 Å². The Hall–Kier alpha value is -4.06. The van der Waals surface area contributed by atoms with Gasteiger partial charge in [0.25, 0.3) is 5.91 Å². The van der Waals surface area contributed by atoms with Crippen molar-refractivity contribution in [3.63, 3.8) is 0 Å². The molecule has 1 amide bonds. The molecular formula is C25H23NO5. The Kier molecular flexibility index (Phi) is 7.06. The summed E-state index contributed by atoms with van der Waals surface area (Å²) in [7, 11) is 4.32. The first-order chi connectivity index (χ1) is 15.0. The number of esters is 1. The molecular weight excluding hydrogens is 394 g/mol. The highest BCUT2D eigenvalue weighted by Crippen LogP contribution is 2.28. The van der Waals surface area contributed by atoms with Gasteiger partial charge in [0.05, 0.1) is 32.6 Å². The van der Waals surface area contributed by atoms with E-state index in [0.717, 1.165) is 11.1 Å². The van der Waals surface area contributed by atoms with Crippen LogP contribution >= 0.6 is 0 Å². The number of benzene rings is 3. The Morgan fingerprint density at radius 1 is 0.774 bits per heavy atom. The topological polar surface area (TPSA) is 73.9 Å². The van der Waals surface area contributed by atoms with Gasteiger partial charge in [-0.15, -0.1) is 0 Å². The van der Waals surface area contributed by atoms with Crippen LogP contribution in [0.25, 0.3) is 12.2 Å². The molecule has 6 heteroatoms. The molecule has 0 saturated carbocycles. The van der Waals surface area contributed by atoms with E-state index in [0.29, 0.717) is 22.7 Å². The average molecular weight is 417 g/mol. The summed E-state index contributed by atoms with van der Waals surface area (Å²) >= 11 is 0. The van der Waals surface area contributed by atoms with Crippen molar-refractivity contribution in [1.29, 1.82) is 0 Å². The maximum Gasteiger partial charge on any atom is 0.339 e. The molecule has 0 saturated heterocycles. The third-order valence-corrected chi connectivity index (χ3v) is 4.61. The Balaban J connectivity index is 1.87. The molecule has 6 nitrogen and oxygen atoms in total. The molecule has 0 radical (unpaired) electrons. The normalized spacial score (nSPS) is 10.5. The fourth-order valence-corrected chi connectivity index (χ4v) is 2.98. The zero-order valence-corrected chi connectivity index (χ0v) is 17.5. The highest BCUT2D eigenvalue weighted by atomic mass is 16.5. The lowest BCUT2D eigenvalue weighted by Gasteiger charge is -2.12. The van der Waals surface area contributed by atoms with E-state index >= 15 is 0 Å². The van der Waals surface area contributed by atoms with Crippen molar-refractivity contribution in [2.24, 2.45) is 0 Å². The summed E-state index contributed by atoms with van der Waals surface area (Å²) in [5.74, 6) is 0.0184. The summed E-state index contributed by atoms with van der Waals surface area (Å²) in [6.07, 6.45) is 3.83. The molecule has 0 heterocycles. The van der Waals surface area contributed by atoms with Crippen molar-refractivity contribution in [3.8, 4) is 11.5 Å². The van der Waals surface area contributed by atoms with Gasteiger partial charge >= 0.3 is 5.97 Å². The minimum absolute atomic E-state index is 0.256. The summed E-state index contributed by atoms with van der Waals surface area (Å²) in [6, 6.07) is 19.8. The minimum atomic E-state index is -0.544. The number of ether oxygens (including phenoxy) is 3. The summed E-state index contributed by atoms with van der Waals surface area (Å²) < 4.78 is 15.3. The number of carbonyl (C=O) groups excluding carboxylic acids is 2. The van der Waals surface area contributed by atoms with Crippen molar-refractivity contribution in [1.82, 2.24) is 0 Å². The third-order valence-electron chi connectivity index (χ3n) is 4.61. The Morgan fingerprint density at radius 3 is 2.16 bits per heavy atom. The van der Waals surface area contributed by atoms with Crippen LogP contribution in [-0.2, 0) is 4.74 Å². The SMILES string of the molecule is COC(=O)c1cc(C=Cc2ccccc2)ccc1NC(=O)c1ccc(OC)c(OC)c1. The lowest BCUT2D eigenvalue weighted by atomic mass is 10.1. The summed E-state index contributed by atoms with van der Waals surface area (Å²) in [4.78, 5) is 25.1. The molecule has 31 heavy (non-hydrogen) atoms. The fourth-order valence-electron chi connectivity index (χ4n) is 2.98. The number of methoxy groups -OCH3 is 3. The minimum Gasteiger partial charge on any atom is -0.493 e. The van der Waals surface area contributed by atoms with Crippen LogP contribution in [0.5, 0.6) is 11.5 Å². The molecule has 0 aliphatic carbocycles. The molecule has 0 spiro atoms. The summed E-state index contributed by atoms with van der Waals surface area (Å²) in [6.45, 7) is 0. The lowest BCUT2D eigenvalue weighted by Crippen LogP contribution is -2.15. The van der Waals surface area contributed by atoms with Gasteiger partial charge in [-0.2, -0.15) is 0 Å². The zero-order chi connectivity index (χ0) is 22.2. The van der Waals surface area contributed by atoms with Crippen LogP contribution in [-0.4, -0.2) is 33.2 Å². The van der Waals surface area contributed by atoms with Crippen molar-refractivity contribution in [2.75, 3.05) is 26.6 Å². The van der Waals surface area contributed by atoms with Gasteiger partial charge in [0.2, 0.25) is 0 Å². The maximum atomic E-state index is 12.8. The van der Waals surface area contributed by atoms with E-state index in [-0.39, 0.29) is 5.56 Å². The number of nitrogens with one attached hydrogen (secondary N) is 1. The molecule has 1 N–H and O–H groups in total. The molecule has 3 aromatic carbocycles. The Bertz CT molecular complexity index is 1110. The van der Waals surface area contributed by atoms with Crippen molar-refractivity contribution in [2.45, 2.75) is 0 Å². The predicted molar refractivity (Wildman–Crippen MR) is 121 cm³/mol. The average Bonchev–Trinajstić information content (AvgIpc) is 2.82. The molecule has 3 aromatic rings. The Labute approximate surface area is 181 Å². The van der Waals surface area contributed by atoms with Gasteiger partial charge in [-0.3, -0.25) is 4.79 Å². The van der Waals surface area contributed by atoms with Crippen molar-refractivity contribution >= 4 is 29.7 Å². The van der Waals surface area contributed by atoms with Gasteiger partial charge in [0, 0.05) is 5.56 Å². The highest BCUT2D eigenvalue weighted by molar-refractivity contribution is 6.08. The third kappa shape index (κ3) is 5.30. The monoisotopic (exact) mass is 417 g/mol. The molecule has 0 bridgehead atoms. The molecule has 0 atom stereocenters. The number of amides is 1. The van der Waals surface area contributed by atoms with E-state index < -0.39 is 11.9 Å². The second kappa shape index (κ2) is 10.1. The largest absolute Gasteiger partial charge is 0.493 e. The second-order valence-electron chi connectivity index (χ2n) is 6.56. The van der Waals surface area contributed by atoms with E-state index in [1.54, 1.807) is 30.3 Å². The fraction of sp³-hybridized carbons (Fsp3) is 0.120. The van der Waals surface area contributed by atoms with Crippen molar-refractivity contribution in [3.05, 3.63) is 89.0 Å². The molecule has 3 rings (SSSR count). The highest BCUT2D eigenvalue weighted by Gasteiger charge is 2.17. The lowest BCUT2D eigenvalue weighted by molar-refractivity contribution is 0.0602. The number of anilines is 1. The van der Waals surface area contributed by atoms with Crippen LogP contribution in [0.3, 0.4) is 0 Å².